The molecule has 12 heteroatoms. The number of aromatic amines is 1. The maximum Gasteiger partial charge on any atom is 0.319 e. The van der Waals surface area contributed by atoms with Crippen LogP contribution in [0, 0.1) is 5.82 Å². The van der Waals surface area contributed by atoms with Crippen LogP contribution in [0.2, 0.25) is 5.02 Å². The summed E-state index contributed by atoms with van der Waals surface area (Å²) in [7, 11) is 0. The van der Waals surface area contributed by atoms with Crippen LogP contribution in [-0.2, 0) is 4.74 Å². The van der Waals surface area contributed by atoms with E-state index in [0.29, 0.717) is 60.6 Å². The number of allylic oxidation sites excluding steroid dienone is 1. The number of rotatable bonds is 5. The molecule has 1 aromatic carbocycles. The Balaban J connectivity index is 1.23. The lowest BCUT2D eigenvalue weighted by molar-refractivity contribution is 0.108. The van der Waals surface area contributed by atoms with Crippen molar-refractivity contribution in [2.45, 2.75) is 62.9 Å². The molecule has 7 heterocycles. The molecule has 4 aromatic rings. The first kappa shape index (κ1) is 27.7. The summed E-state index contributed by atoms with van der Waals surface area (Å²) in [4.78, 5) is 19.3. The molecule has 1 saturated carbocycles. The molecule has 9 rings (SSSR count). The van der Waals surface area contributed by atoms with Gasteiger partial charge in [-0.2, -0.15) is 15.1 Å². The zero-order chi connectivity index (χ0) is 30.3. The number of halogens is 2. The van der Waals surface area contributed by atoms with E-state index in [1.807, 2.05) is 6.07 Å². The molecule has 0 spiro atoms. The summed E-state index contributed by atoms with van der Waals surface area (Å²) >= 11 is 6.84. The van der Waals surface area contributed by atoms with Gasteiger partial charge in [0, 0.05) is 35.7 Å². The summed E-state index contributed by atoms with van der Waals surface area (Å²) in [6.07, 6.45) is 9.88. The SMILES string of the molecule is C/C=C1\CN2CCC[C@@]2(COc2nc3c4c(nc(-c5c(C6CC6)c(Cl)cc6[nH]ncc56)c(F)c4n2)OC[C@@H]2COCCCN32)C1. The van der Waals surface area contributed by atoms with E-state index in [1.165, 1.54) is 5.57 Å². The predicted octanol–water partition coefficient (Wildman–Crippen LogP) is 5.79. The van der Waals surface area contributed by atoms with Crippen LogP contribution < -0.4 is 14.4 Å². The van der Waals surface area contributed by atoms with E-state index in [2.05, 4.69) is 33.0 Å². The molecule has 10 nitrogen and oxygen atoms in total. The van der Waals surface area contributed by atoms with E-state index in [-0.39, 0.29) is 34.7 Å². The molecule has 0 unspecified atom stereocenters. The van der Waals surface area contributed by atoms with Crippen LogP contribution in [-0.4, -0.2) is 87.7 Å². The molecular formula is C33H35ClFN7O3. The quantitative estimate of drug-likeness (QED) is 0.274. The van der Waals surface area contributed by atoms with Gasteiger partial charge in [-0.15, -0.1) is 0 Å². The molecule has 4 fully saturated rings. The standard InChI is InChI=1S/C33H35ClFN7O3/c1-2-18-12-33(7-3-8-41(33)14-18)17-45-32-38-29-26-30(39-32)42-9-4-10-43-15-20(42)16-44-31(26)37-28(27(29)35)25-21-13-36-40-23(21)11-22(34)24(25)19-5-6-19/h2,11,13,19-20H,3-10,12,14-17H2,1H3,(H,36,40)/b18-2-/t20-,33-/m0/s1. The lowest BCUT2D eigenvalue weighted by atomic mass is 9.93. The highest BCUT2D eigenvalue weighted by Crippen LogP contribution is 2.51. The highest BCUT2D eigenvalue weighted by molar-refractivity contribution is 6.33. The topological polar surface area (TPSA) is 102 Å². The van der Waals surface area contributed by atoms with E-state index in [9.17, 15) is 0 Å². The van der Waals surface area contributed by atoms with Crippen LogP contribution in [0.3, 0.4) is 0 Å². The van der Waals surface area contributed by atoms with Gasteiger partial charge >= 0.3 is 6.01 Å². The van der Waals surface area contributed by atoms with Crippen LogP contribution in [0.15, 0.2) is 23.9 Å². The second-order valence-electron chi connectivity index (χ2n) is 13.1. The maximum absolute atomic E-state index is 17.2. The molecule has 4 aliphatic heterocycles. The Hall–Kier alpha value is -3.54. The number of H-pyrrole nitrogens is 1. The minimum atomic E-state index is -0.542. The number of benzene rings is 1. The summed E-state index contributed by atoms with van der Waals surface area (Å²) in [6.45, 7) is 6.72. The first-order valence-corrected chi connectivity index (χ1v) is 16.5. The number of anilines is 1. The monoisotopic (exact) mass is 631 g/mol. The Morgan fingerprint density at radius 1 is 1.20 bits per heavy atom. The number of pyridine rings is 1. The van der Waals surface area contributed by atoms with Gasteiger partial charge in [-0.3, -0.25) is 10.00 Å². The van der Waals surface area contributed by atoms with Gasteiger partial charge in [0.05, 0.1) is 29.9 Å². The summed E-state index contributed by atoms with van der Waals surface area (Å²) in [5, 5.41) is 9.06. The number of aromatic nitrogens is 5. The summed E-state index contributed by atoms with van der Waals surface area (Å²) in [5.74, 6) is 0.586. The number of nitrogens with zero attached hydrogens (tertiary/aromatic N) is 6. The zero-order valence-corrected chi connectivity index (χ0v) is 26.0. The smallest absolute Gasteiger partial charge is 0.319 e. The van der Waals surface area contributed by atoms with Crippen molar-refractivity contribution >= 4 is 39.2 Å². The third-order valence-corrected chi connectivity index (χ3v) is 10.7. The number of hydrogen-bond acceptors (Lipinski definition) is 9. The van der Waals surface area contributed by atoms with E-state index < -0.39 is 5.82 Å². The molecule has 234 valence electrons. The fourth-order valence-electron chi connectivity index (χ4n) is 7.94. The Morgan fingerprint density at radius 2 is 2.11 bits per heavy atom. The Morgan fingerprint density at radius 3 is 2.98 bits per heavy atom. The van der Waals surface area contributed by atoms with E-state index in [0.717, 1.165) is 68.1 Å². The third-order valence-electron chi connectivity index (χ3n) is 10.4. The molecule has 3 saturated heterocycles. The van der Waals surface area contributed by atoms with Crippen LogP contribution in [0.25, 0.3) is 33.1 Å². The van der Waals surface area contributed by atoms with Crippen molar-refractivity contribution in [3.63, 3.8) is 0 Å². The second-order valence-corrected chi connectivity index (χ2v) is 13.5. The number of fused-ring (bicyclic) bond motifs is 4. The predicted molar refractivity (Wildman–Crippen MR) is 169 cm³/mol. The van der Waals surface area contributed by atoms with E-state index >= 15 is 4.39 Å². The van der Waals surface area contributed by atoms with E-state index in [4.69, 9.17) is 40.8 Å². The van der Waals surface area contributed by atoms with Crippen LogP contribution in [0.1, 0.15) is 56.9 Å². The summed E-state index contributed by atoms with van der Waals surface area (Å²) < 4.78 is 36.0. The number of hydrogen-bond donors (Lipinski definition) is 1. The first-order chi connectivity index (χ1) is 22.0. The van der Waals surface area contributed by atoms with Gasteiger partial charge in [-0.25, -0.2) is 9.37 Å². The van der Waals surface area contributed by atoms with Crippen LogP contribution in [0.4, 0.5) is 10.2 Å². The number of ether oxygens (including phenoxy) is 3. The molecule has 1 N–H and O–H groups in total. The molecule has 0 radical (unpaired) electrons. The maximum atomic E-state index is 17.2. The largest absolute Gasteiger partial charge is 0.475 e. The third kappa shape index (κ3) is 4.41. The molecule has 0 bridgehead atoms. The zero-order valence-electron chi connectivity index (χ0n) is 25.2. The highest BCUT2D eigenvalue weighted by Gasteiger charge is 2.47. The van der Waals surface area contributed by atoms with Gasteiger partial charge in [0.1, 0.15) is 35.6 Å². The summed E-state index contributed by atoms with van der Waals surface area (Å²) in [5.41, 5.74) is 3.90. The van der Waals surface area contributed by atoms with Gasteiger partial charge in [0.15, 0.2) is 5.82 Å². The first-order valence-electron chi connectivity index (χ1n) is 16.1. The van der Waals surface area contributed by atoms with Gasteiger partial charge < -0.3 is 19.1 Å². The second kappa shape index (κ2) is 10.5. The molecule has 45 heavy (non-hydrogen) atoms. The molecule has 2 atom stereocenters. The Labute approximate surface area is 264 Å². The minimum Gasteiger partial charge on any atom is -0.475 e. The fraction of sp³-hybridized carbons (Fsp3) is 0.515. The lowest BCUT2D eigenvalue weighted by Gasteiger charge is -2.31. The lowest BCUT2D eigenvalue weighted by Crippen LogP contribution is -2.43. The van der Waals surface area contributed by atoms with Crippen molar-refractivity contribution in [2.75, 3.05) is 51.0 Å². The van der Waals surface area contributed by atoms with Crippen LogP contribution in [0.5, 0.6) is 11.9 Å². The van der Waals surface area contributed by atoms with E-state index in [1.54, 1.807) is 6.20 Å². The molecule has 1 aliphatic carbocycles. The highest BCUT2D eigenvalue weighted by atomic mass is 35.5. The van der Waals surface area contributed by atoms with Gasteiger partial charge in [-0.05, 0) is 69.5 Å². The van der Waals surface area contributed by atoms with Crippen molar-refractivity contribution in [3.8, 4) is 23.1 Å². The Bertz CT molecular complexity index is 1880. The molecule has 3 aromatic heterocycles. The number of nitrogens with one attached hydrogen (secondary N) is 1. The fourth-order valence-corrected chi connectivity index (χ4v) is 8.30. The van der Waals surface area contributed by atoms with Crippen molar-refractivity contribution in [2.24, 2.45) is 0 Å². The summed E-state index contributed by atoms with van der Waals surface area (Å²) in [6, 6.07) is 1.93. The molecular weight excluding hydrogens is 597 g/mol. The Kier molecular flexibility index (Phi) is 6.47. The van der Waals surface area contributed by atoms with Crippen molar-refractivity contribution in [1.82, 2.24) is 30.0 Å². The van der Waals surface area contributed by atoms with Crippen molar-refractivity contribution in [3.05, 3.63) is 40.3 Å². The van der Waals surface area contributed by atoms with Crippen molar-refractivity contribution in [1.29, 1.82) is 0 Å². The van der Waals surface area contributed by atoms with Gasteiger partial charge in [-0.1, -0.05) is 23.3 Å². The van der Waals surface area contributed by atoms with Crippen LogP contribution >= 0.6 is 11.6 Å². The average molecular weight is 632 g/mol. The minimum absolute atomic E-state index is 0.0870. The normalized spacial score (nSPS) is 25.8. The molecule has 0 amide bonds. The average Bonchev–Trinajstić information content (AvgIpc) is 3.62. The molecule has 5 aliphatic rings. The van der Waals surface area contributed by atoms with Crippen molar-refractivity contribution < 1.29 is 18.6 Å². The van der Waals surface area contributed by atoms with Gasteiger partial charge in [0.25, 0.3) is 0 Å². The van der Waals surface area contributed by atoms with Gasteiger partial charge in [0.2, 0.25) is 5.88 Å².